The number of carbonyl (C=O) groups excluding carboxylic acids is 1. The van der Waals surface area contributed by atoms with E-state index >= 15 is 0 Å². The van der Waals surface area contributed by atoms with E-state index in [1.54, 1.807) is 0 Å². The van der Waals surface area contributed by atoms with Gasteiger partial charge in [0.15, 0.2) is 0 Å². The zero-order chi connectivity index (χ0) is 18.0. The first kappa shape index (κ1) is 17.0. The van der Waals surface area contributed by atoms with E-state index in [0.29, 0.717) is 12.2 Å². The Balaban J connectivity index is 1.72. The van der Waals surface area contributed by atoms with Crippen molar-refractivity contribution in [3.8, 4) is 5.69 Å². The lowest BCUT2D eigenvalue weighted by Crippen LogP contribution is -2.07. The van der Waals surface area contributed by atoms with E-state index < -0.39 is 0 Å². The van der Waals surface area contributed by atoms with Crippen LogP contribution in [0.5, 0.6) is 0 Å². The summed E-state index contributed by atoms with van der Waals surface area (Å²) in [5.41, 5.74) is 7.29. The molecule has 1 aromatic heterocycles. The lowest BCUT2D eigenvalue weighted by molar-refractivity contribution is 0.0472. The number of ether oxygens (including phenoxy) is 1. The number of carbonyl (C=O) groups is 1. The summed E-state index contributed by atoms with van der Waals surface area (Å²) in [4.78, 5) is 12.3. The van der Waals surface area contributed by atoms with Crippen LogP contribution in [0.2, 0.25) is 0 Å². The number of esters is 1. The molecule has 3 rings (SSSR count). The summed E-state index contributed by atoms with van der Waals surface area (Å²) in [6.07, 6.45) is 0. The molecule has 0 aliphatic carbocycles. The molecule has 3 heteroatoms. The lowest BCUT2D eigenvalue weighted by Gasteiger charge is -2.11. The molecule has 0 aliphatic heterocycles. The van der Waals surface area contributed by atoms with Crippen molar-refractivity contribution < 1.29 is 9.53 Å². The third-order valence-corrected chi connectivity index (χ3v) is 4.50. The lowest BCUT2D eigenvalue weighted by atomic mass is 10.1. The van der Waals surface area contributed by atoms with Crippen LogP contribution in [0.15, 0.2) is 54.6 Å². The average Bonchev–Trinajstić information content (AvgIpc) is 2.94. The van der Waals surface area contributed by atoms with Crippen molar-refractivity contribution in [1.82, 2.24) is 4.57 Å². The maximum atomic E-state index is 12.3. The molecule has 0 radical (unpaired) electrons. The quantitative estimate of drug-likeness (QED) is 0.624. The van der Waals surface area contributed by atoms with Gasteiger partial charge >= 0.3 is 5.97 Å². The molecule has 2 aromatic carbocycles. The highest BCUT2D eigenvalue weighted by Gasteiger charge is 2.10. The Bertz CT molecular complexity index is 885. The number of nitrogens with zero attached hydrogens (tertiary/aromatic N) is 1. The number of aromatic nitrogens is 1. The Morgan fingerprint density at radius 3 is 2.16 bits per heavy atom. The second-order valence-electron chi connectivity index (χ2n) is 6.50. The normalized spacial score (nSPS) is 10.7. The fraction of sp³-hybridized carbons (Fsp3) is 0.227. The van der Waals surface area contributed by atoms with Gasteiger partial charge in [0.1, 0.15) is 6.61 Å². The molecule has 0 bridgehead atoms. The average molecular weight is 333 g/mol. The van der Waals surface area contributed by atoms with Gasteiger partial charge in [-0.25, -0.2) is 4.79 Å². The standard InChI is InChI=1S/C22H23NO2/c1-15-5-6-16(2)20(13-15)14-25-22(24)19-9-11-21(12-10-19)23-17(3)7-8-18(23)4/h5-13H,14H2,1-4H3. The number of aryl methyl sites for hydroxylation is 4. The van der Waals surface area contributed by atoms with Crippen LogP contribution >= 0.6 is 0 Å². The fourth-order valence-electron chi connectivity index (χ4n) is 3.00. The van der Waals surface area contributed by atoms with Gasteiger partial charge in [-0.2, -0.15) is 0 Å². The number of benzene rings is 2. The Morgan fingerprint density at radius 1 is 0.880 bits per heavy atom. The zero-order valence-corrected chi connectivity index (χ0v) is 15.2. The summed E-state index contributed by atoms with van der Waals surface area (Å²) in [6.45, 7) is 8.50. The Kier molecular flexibility index (Phi) is 4.75. The highest BCUT2D eigenvalue weighted by atomic mass is 16.5. The molecule has 3 aromatic rings. The molecule has 3 nitrogen and oxygen atoms in total. The van der Waals surface area contributed by atoms with Gasteiger partial charge in [0, 0.05) is 17.1 Å². The minimum Gasteiger partial charge on any atom is -0.457 e. The Morgan fingerprint density at radius 2 is 1.52 bits per heavy atom. The second-order valence-corrected chi connectivity index (χ2v) is 6.50. The first-order chi connectivity index (χ1) is 12.0. The highest BCUT2D eigenvalue weighted by molar-refractivity contribution is 5.89. The smallest absolute Gasteiger partial charge is 0.338 e. The monoisotopic (exact) mass is 333 g/mol. The van der Waals surface area contributed by atoms with Gasteiger partial charge in [0.05, 0.1) is 5.56 Å². The number of hydrogen-bond donors (Lipinski definition) is 0. The molecule has 25 heavy (non-hydrogen) atoms. The first-order valence-electron chi connectivity index (χ1n) is 8.44. The van der Waals surface area contributed by atoms with Gasteiger partial charge in [-0.15, -0.1) is 0 Å². The predicted octanol–water partition coefficient (Wildman–Crippen LogP) is 5.07. The molecule has 0 amide bonds. The van der Waals surface area contributed by atoms with E-state index in [4.69, 9.17) is 4.74 Å². The SMILES string of the molecule is Cc1ccc(C)c(COC(=O)c2ccc(-n3c(C)ccc3C)cc2)c1. The first-order valence-corrected chi connectivity index (χ1v) is 8.44. The van der Waals surface area contributed by atoms with E-state index in [-0.39, 0.29) is 5.97 Å². The van der Waals surface area contributed by atoms with Gasteiger partial charge in [-0.1, -0.05) is 23.8 Å². The van der Waals surface area contributed by atoms with Gasteiger partial charge in [0.2, 0.25) is 0 Å². The number of rotatable bonds is 4. The van der Waals surface area contributed by atoms with Crippen LogP contribution in [0.4, 0.5) is 0 Å². The van der Waals surface area contributed by atoms with Crippen LogP contribution in [0, 0.1) is 27.7 Å². The van der Waals surface area contributed by atoms with E-state index in [0.717, 1.165) is 16.8 Å². The molecule has 128 valence electrons. The van der Waals surface area contributed by atoms with Gasteiger partial charge in [-0.05, 0) is 75.2 Å². The zero-order valence-electron chi connectivity index (χ0n) is 15.2. The summed E-state index contributed by atoms with van der Waals surface area (Å²) < 4.78 is 7.64. The van der Waals surface area contributed by atoms with Crippen molar-refractivity contribution >= 4 is 5.97 Å². The van der Waals surface area contributed by atoms with Crippen molar-refractivity contribution in [1.29, 1.82) is 0 Å². The van der Waals surface area contributed by atoms with Crippen molar-refractivity contribution in [3.05, 3.63) is 88.2 Å². The van der Waals surface area contributed by atoms with Crippen molar-refractivity contribution in [2.75, 3.05) is 0 Å². The predicted molar refractivity (Wildman–Crippen MR) is 100 cm³/mol. The molecule has 0 N–H and O–H groups in total. The minimum absolute atomic E-state index is 0.296. The molecule has 0 saturated carbocycles. The highest BCUT2D eigenvalue weighted by Crippen LogP contribution is 2.18. The van der Waals surface area contributed by atoms with Crippen LogP contribution in [-0.4, -0.2) is 10.5 Å². The van der Waals surface area contributed by atoms with Crippen LogP contribution < -0.4 is 0 Å². The summed E-state index contributed by atoms with van der Waals surface area (Å²) in [7, 11) is 0. The van der Waals surface area contributed by atoms with E-state index in [1.807, 2.05) is 38.1 Å². The maximum absolute atomic E-state index is 12.3. The molecule has 0 atom stereocenters. The third kappa shape index (κ3) is 3.66. The van der Waals surface area contributed by atoms with E-state index in [2.05, 4.69) is 48.7 Å². The fourth-order valence-corrected chi connectivity index (χ4v) is 3.00. The van der Waals surface area contributed by atoms with Gasteiger partial charge in [-0.3, -0.25) is 0 Å². The summed E-state index contributed by atoms with van der Waals surface area (Å²) in [6, 6.07) is 17.9. The van der Waals surface area contributed by atoms with Crippen LogP contribution in [-0.2, 0) is 11.3 Å². The molecule has 1 heterocycles. The minimum atomic E-state index is -0.298. The summed E-state index contributed by atoms with van der Waals surface area (Å²) in [5, 5.41) is 0. The number of hydrogen-bond acceptors (Lipinski definition) is 2. The van der Waals surface area contributed by atoms with Crippen LogP contribution in [0.25, 0.3) is 5.69 Å². The molecular formula is C22H23NO2. The Labute approximate surface area is 148 Å². The van der Waals surface area contributed by atoms with Crippen molar-refractivity contribution in [2.24, 2.45) is 0 Å². The Hall–Kier alpha value is -2.81. The topological polar surface area (TPSA) is 31.2 Å². The summed E-state index contributed by atoms with van der Waals surface area (Å²) in [5.74, 6) is -0.298. The molecule has 0 spiro atoms. The van der Waals surface area contributed by atoms with Crippen LogP contribution in [0.1, 0.15) is 38.4 Å². The molecule has 0 fully saturated rings. The second kappa shape index (κ2) is 6.98. The van der Waals surface area contributed by atoms with Crippen LogP contribution in [0.3, 0.4) is 0 Å². The van der Waals surface area contributed by atoms with Gasteiger partial charge < -0.3 is 9.30 Å². The van der Waals surface area contributed by atoms with Gasteiger partial charge in [0.25, 0.3) is 0 Å². The van der Waals surface area contributed by atoms with Crippen molar-refractivity contribution in [2.45, 2.75) is 34.3 Å². The summed E-state index contributed by atoms with van der Waals surface area (Å²) >= 11 is 0. The van der Waals surface area contributed by atoms with E-state index in [9.17, 15) is 4.79 Å². The largest absolute Gasteiger partial charge is 0.457 e. The maximum Gasteiger partial charge on any atom is 0.338 e. The molecular weight excluding hydrogens is 310 g/mol. The third-order valence-electron chi connectivity index (χ3n) is 4.50. The molecule has 0 unspecified atom stereocenters. The van der Waals surface area contributed by atoms with Crippen molar-refractivity contribution in [3.63, 3.8) is 0 Å². The molecule has 0 saturated heterocycles. The molecule has 0 aliphatic rings. The van der Waals surface area contributed by atoms with E-state index in [1.165, 1.54) is 17.0 Å².